The van der Waals surface area contributed by atoms with Crippen molar-refractivity contribution in [2.24, 2.45) is 0 Å². The smallest absolute Gasteiger partial charge is 0.406 e. The monoisotopic (exact) mass is 311 g/mol. The van der Waals surface area contributed by atoms with Crippen molar-refractivity contribution in [3.8, 4) is 23.1 Å². The third-order valence-electron chi connectivity index (χ3n) is 2.39. The molecule has 0 spiro atoms. The van der Waals surface area contributed by atoms with E-state index in [2.05, 4.69) is 14.7 Å². The van der Waals surface area contributed by atoms with Gasteiger partial charge in [0.25, 0.3) is 0 Å². The quantitative estimate of drug-likeness (QED) is 0.640. The highest BCUT2D eigenvalue weighted by molar-refractivity contribution is 7.98. The predicted molar refractivity (Wildman–Crippen MR) is 70.6 cm³/mol. The van der Waals surface area contributed by atoms with E-state index < -0.39 is 6.36 Å². The van der Waals surface area contributed by atoms with Crippen molar-refractivity contribution in [2.75, 3.05) is 6.26 Å². The van der Waals surface area contributed by atoms with Crippen molar-refractivity contribution in [1.82, 2.24) is 9.97 Å². The van der Waals surface area contributed by atoms with Crippen LogP contribution < -0.4 is 4.74 Å². The number of hydrogen-bond acceptors (Lipinski definition) is 5. The largest absolute Gasteiger partial charge is 0.573 e. The van der Waals surface area contributed by atoms with Crippen molar-refractivity contribution in [2.45, 2.75) is 11.5 Å². The summed E-state index contributed by atoms with van der Waals surface area (Å²) in [4.78, 5) is 8.19. The molecule has 0 aliphatic carbocycles. The first kappa shape index (κ1) is 15.1. The van der Waals surface area contributed by atoms with Gasteiger partial charge in [0.15, 0.2) is 5.16 Å². The minimum Gasteiger partial charge on any atom is -0.406 e. The predicted octanol–water partition coefficient (Wildman–Crippen LogP) is 3.64. The van der Waals surface area contributed by atoms with Crippen molar-refractivity contribution in [3.05, 3.63) is 36.0 Å². The van der Waals surface area contributed by atoms with Crippen LogP contribution in [-0.4, -0.2) is 22.6 Å². The van der Waals surface area contributed by atoms with Crippen molar-refractivity contribution >= 4 is 11.8 Å². The number of aromatic nitrogens is 2. The molecule has 0 unspecified atom stereocenters. The summed E-state index contributed by atoms with van der Waals surface area (Å²) in [6.45, 7) is 0. The summed E-state index contributed by atoms with van der Waals surface area (Å²) in [5.41, 5.74) is 1.23. The molecule has 0 aliphatic rings. The Morgan fingerprint density at radius 3 is 2.38 bits per heavy atom. The molecular weight excluding hydrogens is 303 g/mol. The van der Waals surface area contributed by atoms with E-state index in [4.69, 9.17) is 5.26 Å². The summed E-state index contributed by atoms with van der Waals surface area (Å²) < 4.78 is 40.0. The molecule has 108 valence electrons. The summed E-state index contributed by atoms with van der Waals surface area (Å²) in [6.07, 6.45) is -2.96. The average Bonchev–Trinajstić information content (AvgIpc) is 2.45. The first-order chi connectivity index (χ1) is 9.91. The topological polar surface area (TPSA) is 58.8 Å². The summed E-state index contributed by atoms with van der Waals surface area (Å²) in [6, 6.07) is 8.65. The third-order valence-corrected chi connectivity index (χ3v) is 2.93. The number of alkyl halides is 3. The summed E-state index contributed by atoms with van der Waals surface area (Å²) in [5.74, 6) is -0.314. The van der Waals surface area contributed by atoms with Gasteiger partial charge in [-0.1, -0.05) is 11.8 Å². The fraction of sp³-hybridized carbons (Fsp3) is 0.154. The molecule has 0 N–H and O–H groups in total. The molecule has 1 aromatic carbocycles. The minimum absolute atomic E-state index is 0.194. The number of hydrogen-bond donors (Lipinski definition) is 0. The number of halogens is 3. The van der Waals surface area contributed by atoms with E-state index in [0.717, 1.165) is 0 Å². The standard InChI is InChI=1S/C13H8F3N3OS/c1-21-12-18-9(7-17)6-11(19-12)8-2-4-10(5-3-8)20-13(14,15)16/h2-6H,1H3. The molecule has 8 heteroatoms. The second kappa shape index (κ2) is 6.01. The summed E-state index contributed by atoms with van der Waals surface area (Å²) >= 11 is 1.27. The molecule has 0 saturated carbocycles. The molecule has 0 amide bonds. The molecule has 2 aromatic rings. The lowest BCUT2D eigenvalue weighted by atomic mass is 10.1. The van der Waals surface area contributed by atoms with Gasteiger partial charge in [0.05, 0.1) is 5.69 Å². The van der Waals surface area contributed by atoms with Crippen LogP contribution in [0.25, 0.3) is 11.3 Å². The van der Waals surface area contributed by atoms with Gasteiger partial charge in [-0.15, -0.1) is 13.2 Å². The van der Waals surface area contributed by atoms with E-state index in [0.29, 0.717) is 16.4 Å². The molecule has 0 bridgehead atoms. The number of ether oxygens (including phenoxy) is 1. The van der Waals surface area contributed by atoms with Crippen LogP contribution in [0.5, 0.6) is 5.75 Å². The zero-order valence-corrected chi connectivity index (χ0v) is 11.5. The maximum Gasteiger partial charge on any atom is 0.573 e. The van der Waals surface area contributed by atoms with Crippen molar-refractivity contribution in [3.63, 3.8) is 0 Å². The Hall–Kier alpha value is -2.27. The minimum atomic E-state index is -4.73. The van der Waals surface area contributed by atoms with Crippen LogP contribution in [0.4, 0.5) is 13.2 Å². The van der Waals surface area contributed by atoms with Gasteiger partial charge in [0.1, 0.15) is 17.5 Å². The third kappa shape index (κ3) is 4.10. The Balaban J connectivity index is 2.33. The highest BCUT2D eigenvalue weighted by Gasteiger charge is 2.30. The Kier molecular flexibility index (Phi) is 4.33. The number of rotatable bonds is 3. The summed E-state index contributed by atoms with van der Waals surface area (Å²) in [7, 11) is 0. The first-order valence-electron chi connectivity index (χ1n) is 5.60. The van der Waals surface area contributed by atoms with Gasteiger partial charge in [-0.2, -0.15) is 5.26 Å². The average molecular weight is 311 g/mol. The molecule has 1 heterocycles. The lowest BCUT2D eigenvalue weighted by Crippen LogP contribution is -2.16. The second-order valence-corrected chi connectivity index (χ2v) is 4.58. The molecule has 0 aliphatic heterocycles. The van der Waals surface area contributed by atoms with Crippen LogP contribution >= 0.6 is 11.8 Å². The van der Waals surface area contributed by atoms with Crippen molar-refractivity contribution < 1.29 is 17.9 Å². The molecule has 21 heavy (non-hydrogen) atoms. The van der Waals surface area contributed by atoms with Crippen LogP contribution in [0, 0.1) is 11.3 Å². The number of nitriles is 1. The van der Waals surface area contributed by atoms with Crippen LogP contribution in [0.3, 0.4) is 0 Å². The van der Waals surface area contributed by atoms with E-state index in [1.54, 1.807) is 6.26 Å². The Labute approximate surface area is 122 Å². The van der Waals surface area contributed by atoms with Gasteiger partial charge in [0.2, 0.25) is 0 Å². The van der Waals surface area contributed by atoms with E-state index in [-0.39, 0.29) is 11.4 Å². The highest BCUT2D eigenvalue weighted by atomic mass is 32.2. The highest BCUT2D eigenvalue weighted by Crippen LogP contribution is 2.26. The maximum atomic E-state index is 12.1. The second-order valence-electron chi connectivity index (χ2n) is 3.81. The van der Waals surface area contributed by atoms with E-state index >= 15 is 0 Å². The van der Waals surface area contributed by atoms with Crippen LogP contribution in [0.1, 0.15) is 5.69 Å². The van der Waals surface area contributed by atoms with Gasteiger partial charge in [-0.05, 0) is 30.5 Å². The molecule has 0 radical (unpaired) electrons. The van der Waals surface area contributed by atoms with Crippen molar-refractivity contribution in [1.29, 1.82) is 5.26 Å². The van der Waals surface area contributed by atoms with Gasteiger partial charge in [-0.3, -0.25) is 0 Å². The maximum absolute atomic E-state index is 12.1. The van der Waals surface area contributed by atoms with Gasteiger partial charge >= 0.3 is 6.36 Å². The van der Waals surface area contributed by atoms with E-state index in [1.165, 1.54) is 42.1 Å². The molecule has 1 aromatic heterocycles. The normalized spacial score (nSPS) is 11.0. The fourth-order valence-electron chi connectivity index (χ4n) is 1.55. The Morgan fingerprint density at radius 2 is 1.86 bits per heavy atom. The zero-order valence-electron chi connectivity index (χ0n) is 10.7. The number of nitrogens with zero attached hydrogens (tertiary/aromatic N) is 3. The number of thioether (sulfide) groups is 1. The van der Waals surface area contributed by atoms with E-state index in [1.807, 2.05) is 6.07 Å². The lowest BCUT2D eigenvalue weighted by Gasteiger charge is -2.09. The SMILES string of the molecule is CSc1nc(C#N)cc(-c2ccc(OC(F)(F)F)cc2)n1. The molecule has 2 rings (SSSR count). The molecule has 4 nitrogen and oxygen atoms in total. The van der Waals surface area contributed by atoms with Gasteiger partial charge in [-0.25, -0.2) is 9.97 Å². The van der Waals surface area contributed by atoms with Crippen LogP contribution in [-0.2, 0) is 0 Å². The van der Waals surface area contributed by atoms with Gasteiger partial charge in [0, 0.05) is 11.6 Å². The molecular formula is C13H8F3N3OS. The molecule has 0 atom stereocenters. The van der Waals surface area contributed by atoms with Gasteiger partial charge < -0.3 is 4.74 Å². The summed E-state index contributed by atoms with van der Waals surface area (Å²) in [5, 5.41) is 9.32. The molecule has 0 saturated heterocycles. The number of benzene rings is 1. The van der Waals surface area contributed by atoms with E-state index in [9.17, 15) is 13.2 Å². The fourth-order valence-corrected chi connectivity index (χ4v) is 1.93. The molecule has 0 fully saturated rings. The lowest BCUT2D eigenvalue weighted by molar-refractivity contribution is -0.274. The Bertz CT molecular complexity index is 681. The van der Waals surface area contributed by atoms with Crippen LogP contribution in [0.2, 0.25) is 0 Å². The first-order valence-corrected chi connectivity index (χ1v) is 6.83. The Morgan fingerprint density at radius 1 is 1.19 bits per heavy atom. The zero-order chi connectivity index (χ0) is 15.5. The van der Waals surface area contributed by atoms with Crippen LogP contribution in [0.15, 0.2) is 35.5 Å².